The van der Waals surface area contributed by atoms with E-state index in [1.165, 1.54) is 0 Å². The maximum absolute atomic E-state index is 12.1. The van der Waals surface area contributed by atoms with Crippen molar-refractivity contribution in [3.05, 3.63) is 28.2 Å². The first-order chi connectivity index (χ1) is 9.33. The zero-order valence-corrected chi connectivity index (χ0v) is 13.5. The maximum atomic E-state index is 12.1. The molecular formula is C15H19BrO4. The van der Waals surface area contributed by atoms with E-state index in [0.29, 0.717) is 17.9 Å². The lowest BCUT2D eigenvalue weighted by Gasteiger charge is -2.20. The minimum Gasteiger partial charge on any atom is -0.488 e. The van der Waals surface area contributed by atoms with E-state index in [1.807, 2.05) is 26.8 Å². The standard InChI is InChI=1S/C15H19BrO4/c1-15(2,3)20-14(17)10-6-11(16)8-13(7-10)19-12-4-5-18-9-12/h6-8,12H,4-5,9H2,1-3H3/t12-/m1/s1. The van der Waals surface area contributed by atoms with E-state index in [4.69, 9.17) is 14.2 Å². The Hall–Kier alpha value is -1.07. The molecule has 1 atom stereocenters. The summed E-state index contributed by atoms with van der Waals surface area (Å²) >= 11 is 3.39. The molecule has 1 fully saturated rings. The van der Waals surface area contributed by atoms with Crippen molar-refractivity contribution in [1.82, 2.24) is 0 Å². The second kappa shape index (κ2) is 6.14. The molecule has 0 aliphatic carbocycles. The van der Waals surface area contributed by atoms with Crippen molar-refractivity contribution in [2.45, 2.75) is 38.9 Å². The van der Waals surface area contributed by atoms with E-state index < -0.39 is 5.60 Å². The molecule has 0 saturated carbocycles. The number of hydrogen-bond acceptors (Lipinski definition) is 4. The van der Waals surface area contributed by atoms with Gasteiger partial charge in [-0.25, -0.2) is 4.79 Å². The van der Waals surface area contributed by atoms with Crippen LogP contribution in [0.4, 0.5) is 0 Å². The lowest BCUT2D eigenvalue weighted by molar-refractivity contribution is 0.00688. The topological polar surface area (TPSA) is 44.8 Å². The quantitative estimate of drug-likeness (QED) is 0.787. The molecule has 0 spiro atoms. The SMILES string of the molecule is CC(C)(C)OC(=O)c1cc(Br)cc(O[C@@H]2CCOC2)c1. The summed E-state index contributed by atoms with van der Waals surface area (Å²) in [5.41, 5.74) is -0.0390. The summed E-state index contributed by atoms with van der Waals surface area (Å²) in [6.45, 7) is 6.84. The summed E-state index contributed by atoms with van der Waals surface area (Å²) in [4.78, 5) is 12.1. The summed E-state index contributed by atoms with van der Waals surface area (Å²) in [6.07, 6.45) is 0.921. The molecule has 0 N–H and O–H groups in total. The molecule has 0 unspecified atom stereocenters. The summed E-state index contributed by atoms with van der Waals surface area (Å²) in [6, 6.07) is 5.27. The highest BCUT2D eigenvalue weighted by Gasteiger charge is 2.21. The smallest absolute Gasteiger partial charge is 0.338 e. The highest BCUT2D eigenvalue weighted by molar-refractivity contribution is 9.10. The van der Waals surface area contributed by atoms with Gasteiger partial charge in [-0.15, -0.1) is 0 Å². The van der Waals surface area contributed by atoms with Crippen molar-refractivity contribution in [2.75, 3.05) is 13.2 Å². The fourth-order valence-electron chi connectivity index (χ4n) is 1.88. The van der Waals surface area contributed by atoms with Gasteiger partial charge in [0.15, 0.2) is 0 Å². The minimum absolute atomic E-state index is 0.0517. The van der Waals surface area contributed by atoms with Gasteiger partial charge in [0, 0.05) is 10.9 Å². The number of carbonyl (C=O) groups excluding carboxylic acids is 1. The first-order valence-electron chi connectivity index (χ1n) is 6.62. The Morgan fingerprint density at radius 2 is 2.10 bits per heavy atom. The van der Waals surface area contributed by atoms with Crippen molar-refractivity contribution < 1.29 is 19.0 Å². The third-order valence-electron chi connectivity index (χ3n) is 2.70. The van der Waals surface area contributed by atoms with Crippen molar-refractivity contribution >= 4 is 21.9 Å². The molecule has 110 valence electrons. The van der Waals surface area contributed by atoms with Gasteiger partial charge in [-0.05, 0) is 39.0 Å². The predicted molar refractivity (Wildman–Crippen MR) is 79.2 cm³/mol. The first kappa shape index (κ1) is 15.3. The molecule has 4 nitrogen and oxygen atoms in total. The molecule has 2 rings (SSSR count). The van der Waals surface area contributed by atoms with Crippen LogP contribution in [0.2, 0.25) is 0 Å². The van der Waals surface area contributed by atoms with Gasteiger partial charge in [-0.3, -0.25) is 0 Å². The molecule has 5 heteroatoms. The summed E-state index contributed by atoms with van der Waals surface area (Å²) in [5.74, 6) is 0.294. The van der Waals surface area contributed by atoms with Crippen LogP contribution in [0.25, 0.3) is 0 Å². The zero-order chi connectivity index (χ0) is 14.8. The largest absolute Gasteiger partial charge is 0.488 e. The van der Waals surface area contributed by atoms with E-state index >= 15 is 0 Å². The molecule has 0 aromatic heterocycles. The van der Waals surface area contributed by atoms with Crippen LogP contribution >= 0.6 is 15.9 Å². The van der Waals surface area contributed by atoms with Crippen LogP contribution in [0.1, 0.15) is 37.6 Å². The number of halogens is 1. The molecule has 1 aliphatic heterocycles. The highest BCUT2D eigenvalue weighted by Crippen LogP contribution is 2.25. The van der Waals surface area contributed by atoms with Crippen molar-refractivity contribution in [3.8, 4) is 5.75 Å². The van der Waals surface area contributed by atoms with Gasteiger partial charge in [0.2, 0.25) is 0 Å². The van der Waals surface area contributed by atoms with Gasteiger partial charge in [-0.2, -0.15) is 0 Å². The van der Waals surface area contributed by atoms with E-state index in [1.54, 1.807) is 12.1 Å². The zero-order valence-electron chi connectivity index (χ0n) is 11.9. The molecule has 0 radical (unpaired) electrons. The summed E-state index contributed by atoms with van der Waals surface area (Å²) in [7, 11) is 0. The minimum atomic E-state index is -0.514. The highest BCUT2D eigenvalue weighted by atomic mass is 79.9. The average molecular weight is 343 g/mol. The molecular weight excluding hydrogens is 324 g/mol. The van der Waals surface area contributed by atoms with Crippen LogP contribution in [-0.2, 0) is 9.47 Å². The number of carbonyl (C=O) groups is 1. The third kappa shape index (κ3) is 4.49. The Balaban J connectivity index is 2.13. The molecule has 1 aromatic carbocycles. The molecule has 20 heavy (non-hydrogen) atoms. The Labute approximate surface area is 127 Å². The van der Waals surface area contributed by atoms with E-state index in [-0.39, 0.29) is 12.1 Å². The van der Waals surface area contributed by atoms with Gasteiger partial charge in [0.1, 0.15) is 17.5 Å². The second-order valence-electron chi connectivity index (χ2n) is 5.78. The summed E-state index contributed by atoms with van der Waals surface area (Å²) in [5, 5.41) is 0. The normalized spacial score (nSPS) is 18.9. The third-order valence-corrected chi connectivity index (χ3v) is 3.15. The number of ether oxygens (including phenoxy) is 3. The van der Waals surface area contributed by atoms with Gasteiger partial charge in [-0.1, -0.05) is 15.9 Å². The van der Waals surface area contributed by atoms with Crippen LogP contribution in [0.5, 0.6) is 5.75 Å². The monoisotopic (exact) mass is 342 g/mol. The van der Waals surface area contributed by atoms with Crippen molar-refractivity contribution in [2.24, 2.45) is 0 Å². The Kier molecular flexibility index (Phi) is 4.70. The second-order valence-corrected chi connectivity index (χ2v) is 6.70. The van der Waals surface area contributed by atoms with E-state index in [2.05, 4.69) is 15.9 Å². The first-order valence-corrected chi connectivity index (χ1v) is 7.41. The number of esters is 1. The molecule has 1 saturated heterocycles. The van der Waals surface area contributed by atoms with Crippen molar-refractivity contribution in [1.29, 1.82) is 0 Å². The molecule has 0 amide bonds. The molecule has 1 aliphatic rings. The predicted octanol–water partition coefficient (Wildman–Crippen LogP) is 3.57. The van der Waals surface area contributed by atoms with E-state index in [9.17, 15) is 4.79 Å². The maximum Gasteiger partial charge on any atom is 0.338 e. The van der Waals surface area contributed by atoms with Gasteiger partial charge in [0.05, 0.1) is 18.8 Å². The van der Waals surface area contributed by atoms with Gasteiger partial charge >= 0.3 is 5.97 Å². The molecule has 1 heterocycles. The van der Waals surface area contributed by atoms with Crippen LogP contribution in [0.3, 0.4) is 0 Å². The number of hydrogen-bond donors (Lipinski definition) is 0. The summed E-state index contributed by atoms with van der Waals surface area (Å²) < 4.78 is 17.2. The van der Waals surface area contributed by atoms with Crippen LogP contribution in [0.15, 0.2) is 22.7 Å². The number of rotatable bonds is 3. The van der Waals surface area contributed by atoms with Crippen LogP contribution in [-0.4, -0.2) is 30.9 Å². The van der Waals surface area contributed by atoms with E-state index in [0.717, 1.165) is 17.5 Å². The molecule has 1 aromatic rings. The Morgan fingerprint density at radius 3 is 2.70 bits per heavy atom. The lowest BCUT2D eigenvalue weighted by Crippen LogP contribution is -2.24. The fraction of sp³-hybridized carbons (Fsp3) is 0.533. The number of benzene rings is 1. The lowest BCUT2D eigenvalue weighted by atomic mass is 10.1. The molecule has 0 bridgehead atoms. The Morgan fingerprint density at radius 1 is 1.35 bits per heavy atom. The average Bonchev–Trinajstić information content (AvgIpc) is 2.78. The van der Waals surface area contributed by atoms with Crippen LogP contribution < -0.4 is 4.74 Å². The Bertz CT molecular complexity index is 487. The van der Waals surface area contributed by atoms with Gasteiger partial charge < -0.3 is 14.2 Å². The van der Waals surface area contributed by atoms with Crippen LogP contribution in [0, 0.1) is 0 Å². The van der Waals surface area contributed by atoms with Crippen molar-refractivity contribution in [3.63, 3.8) is 0 Å². The van der Waals surface area contributed by atoms with Gasteiger partial charge in [0.25, 0.3) is 0 Å². The fourth-order valence-corrected chi connectivity index (χ4v) is 2.36.